The molecule has 0 amide bonds. The van der Waals surface area contributed by atoms with Crippen LogP contribution in [-0.4, -0.2) is 25.3 Å². The van der Waals surface area contributed by atoms with Crippen LogP contribution in [0.15, 0.2) is 23.1 Å². The molecule has 0 unspecified atom stereocenters. The Morgan fingerprint density at radius 1 is 1.44 bits per heavy atom. The van der Waals surface area contributed by atoms with Crippen LogP contribution in [0.25, 0.3) is 0 Å². The average Bonchev–Trinajstić information content (AvgIpc) is 3.13. The van der Waals surface area contributed by atoms with Gasteiger partial charge in [0.1, 0.15) is 10.7 Å². The Hall–Kier alpha value is -1.14. The van der Waals surface area contributed by atoms with E-state index in [0.29, 0.717) is 6.54 Å². The van der Waals surface area contributed by atoms with Crippen LogP contribution in [0.4, 0.5) is 10.1 Å². The van der Waals surface area contributed by atoms with Gasteiger partial charge < -0.3 is 5.73 Å². The van der Waals surface area contributed by atoms with Crippen molar-refractivity contribution in [2.75, 3.05) is 12.3 Å². The number of halogens is 1. The Balaban J connectivity index is 2.42. The predicted molar refractivity (Wildman–Crippen MR) is 68.0 cm³/mol. The highest BCUT2D eigenvalue weighted by atomic mass is 32.2. The minimum Gasteiger partial charge on any atom is -0.398 e. The molecule has 0 heterocycles. The molecule has 0 spiro atoms. The second-order valence-corrected chi connectivity index (χ2v) is 6.39. The Morgan fingerprint density at radius 2 is 2.11 bits per heavy atom. The van der Waals surface area contributed by atoms with E-state index in [9.17, 15) is 12.8 Å². The molecular formula is C12H17FN2O2S. The summed E-state index contributed by atoms with van der Waals surface area (Å²) in [6.07, 6.45) is 2.47. The Morgan fingerprint density at radius 3 is 2.67 bits per heavy atom. The number of nitrogens with zero attached hydrogens (tertiary/aromatic N) is 1. The van der Waals surface area contributed by atoms with E-state index < -0.39 is 15.8 Å². The predicted octanol–water partition coefficient (Wildman–Crippen LogP) is 1.97. The maximum Gasteiger partial charge on any atom is 0.245 e. The molecule has 0 aliphatic heterocycles. The summed E-state index contributed by atoms with van der Waals surface area (Å²) < 4.78 is 39.6. The zero-order chi connectivity index (χ0) is 13.3. The van der Waals surface area contributed by atoms with Crippen molar-refractivity contribution in [3.63, 3.8) is 0 Å². The molecule has 0 bridgehead atoms. The number of anilines is 1. The molecular weight excluding hydrogens is 255 g/mol. The molecule has 0 aromatic heterocycles. The number of nitrogen functional groups attached to an aromatic ring is 1. The minimum absolute atomic E-state index is 0.0533. The molecule has 1 aliphatic rings. The number of benzene rings is 1. The van der Waals surface area contributed by atoms with Crippen molar-refractivity contribution < 1.29 is 12.8 Å². The fourth-order valence-corrected chi connectivity index (χ4v) is 3.85. The van der Waals surface area contributed by atoms with Crippen molar-refractivity contribution >= 4 is 15.7 Å². The average molecular weight is 272 g/mol. The fraction of sp³-hybridized carbons (Fsp3) is 0.500. The molecule has 1 saturated carbocycles. The molecule has 1 aromatic carbocycles. The van der Waals surface area contributed by atoms with Crippen LogP contribution in [0.1, 0.15) is 26.2 Å². The van der Waals surface area contributed by atoms with Crippen LogP contribution in [0.3, 0.4) is 0 Å². The second kappa shape index (κ2) is 4.85. The van der Waals surface area contributed by atoms with Crippen molar-refractivity contribution in [3.05, 3.63) is 24.0 Å². The summed E-state index contributed by atoms with van der Waals surface area (Å²) in [6.45, 7) is 2.36. The first-order valence-electron chi connectivity index (χ1n) is 6.03. The van der Waals surface area contributed by atoms with Gasteiger partial charge in [-0.05, 0) is 37.5 Å². The van der Waals surface area contributed by atoms with Crippen molar-refractivity contribution in [1.82, 2.24) is 4.31 Å². The molecule has 100 valence electrons. The lowest BCUT2D eigenvalue weighted by atomic mass is 10.3. The van der Waals surface area contributed by atoms with Crippen LogP contribution in [-0.2, 0) is 10.0 Å². The highest BCUT2D eigenvalue weighted by Crippen LogP contribution is 2.33. The van der Waals surface area contributed by atoms with Gasteiger partial charge in [0, 0.05) is 12.6 Å². The largest absolute Gasteiger partial charge is 0.398 e. The molecule has 1 fully saturated rings. The highest BCUT2D eigenvalue weighted by Gasteiger charge is 2.38. The highest BCUT2D eigenvalue weighted by molar-refractivity contribution is 7.89. The smallest absolute Gasteiger partial charge is 0.245 e. The van der Waals surface area contributed by atoms with E-state index >= 15 is 0 Å². The fourth-order valence-electron chi connectivity index (χ4n) is 1.94. The summed E-state index contributed by atoms with van der Waals surface area (Å²) in [5, 5.41) is 0. The molecule has 0 saturated heterocycles. The summed E-state index contributed by atoms with van der Waals surface area (Å²) in [4.78, 5) is -0.122. The summed E-state index contributed by atoms with van der Waals surface area (Å²) in [5.41, 5.74) is 5.75. The van der Waals surface area contributed by atoms with Gasteiger partial charge in [-0.25, -0.2) is 12.8 Å². The Labute approximate surface area is 107 Å². The third kappa shape index (κ3) is 2.49. The number of hydrogen-bond donors (Lipinski definition) is 1. The van der Waals surface area contributed by atoms with E-state index in [1.165, 1.54) is 10.4 Å². The van der Waals surface area contributed by atoms with E-state index in [-0.39, 0.29) is 16.6 Å². The standard InChI is InChI=1S/C12H17FN2O2S/c1-2-7-15(10-4-5-10)18(16,17)12-8-9(13)3-6-11(12)14/h3,6,8,10H,2,4-5,7,14H2,1H3. The van der Waals surface area contributed by atoms with Crippen molar-refractivity contribution in [3.8, 4) is 0 Å². The van der Waals surface area contributed by atoms with Crippen LogP contribution < -0.4 is 5.73 Å². The SMILES string of the molecule is CCCN(C1CC1)S(=O)(=O)c1cc(F)ccc1N. The molecule has 2 N–H and O–H groups in total. The van der Waals surface area contributed by atoms with Crippen molar-refractivity contribution in [2.45, 2.75) is 37.1 Å². The zero-order valence-electron chi connectivity index (χ0n) is 10.3. The molecule has 1 aromatic rings. The monoisotopic (exact) mass is 272 g/mol. The maximum absolute atomic E-state index is 13.2. The summed E-state index contributed by atoms with van der Waals surface area (Å²) in [7, 11) is -3.68. The summed E-state index contributed by atoms with van der Waals surface area (Å²) in [5.74, 6) is -0.588. The number of sulfonamides is 1. The molecule has 1 aliphatic carbocycles. The Bertz CT molecular complexity index is 541. The van der Waals surface area contributed by atoms with Gasteiger partial charge in [0.05, 0.1) is 5.69 Å². The molecule has 0 atom stereocenters. The van der Waals surface area contributed by atoms with Gasteiger partial charge in [-0.2, -0.15) is 4.31 Å². The first-order chi connectivity index (χ1) is 8.46. The topological polar surface area (TPSA) is 63.4 Å². The third-order valence-corrected chi connectivity index (χ3v) is 4.97. The normalized spacial score (nSPS) is 16.2. The molecule has 6 heteroatoms. The van der Waals surface area contributed by atoms with Gasteiger partial charge >= 0.3 is 0 Å². The molecule has 0 radical (unpaired) electrons. The maximum atomic E-state index is 13.2. The third-order valence-electron chi connectivity index (χ3n) is 2.96. The van der Waals surface area contributed by atoms with Crippen molar-refractivity contribution in [2.24, 2.45) is 0 Å². The molecule has 18 heavy (non-hydrogen) atoms. The van der Waals surface area contributed by atoms with Gasteiger partial charge in [0.25, 0.3) is 0 Å². The molecule has 4 nitrogen and oxygen atoms in total. The number of nitrogens with two attached hydrogens (primary N) is 1. The summed E-state index contributed by atoms with van der Waals surface area (Å²) >= 11 is 0. The minimum atomic E-state index is -3.68. The lowest BCUT2D eigenvalue weighted by Crippen LogP contribution is -2.34. The van der Waals surface area contributed by atoms with Gasteiger partial charge in [0.2, 0.25) is 10.0 Å². The quantitative estimate of drug-likeness (QED) is 0.833. The zero-order valence-corrected chi connectivity index (χ0v) is 11.1. The van der Waals surface area contributed by atoms with Crippen LogP contribution in [0.5, 0.6) is 0 Å². The number of hydrogen-bond acceptors (Lipinski definition) is 3. The summed E-state index contributed by atoms with van der Waals surface area (Å²) in [6, 6.07) is 3.50. The van der Waals surface area contributed by atoms with Crippen molar-refractivity contribution in [1.29, 1.82) is 0 Å². The second-order valence-electron chi connectivity index (χ2n) is 4.53. The van der Waals surface area contributed by atoms with Gasteiger partial charge in [-0.3, -0.25) is 0 Å². The first-order valence-corrected chi connectivity index (χ1v) is 7.47. The van der Waals surface area contributed by atoms with E-state index in [4.69, 9.17) is 5.73 Å². The lowest BCUT2D eigenvalue weighted by Gasteiger charge is -2.22. The van der Waals surface area contributed by atoms with Crippen LogP contribution in [0, 0.1) is 5.82 Å². The molecule has 2 rings (SSSR count). The first kappa shape index (κ1) is 13.3. The van der Waals surface area contributed by atoms with E-state index in [0.717, 1.165) is 31.4 Å². The number of rotatable bonds is 5. The van der Waals surface area contributed by atoms with Crippen LogP contribution >= 0.6 is 0 Å². The Kier molecular flexibility index (Phi) is 3.59. The van der Waals surface area contributed by atoms with Crippen LogP contribution in [0.2, 0.25) is 0 Å². The lowest BCUT2D eigenvalue weighted by molar-refractivity contribution is 0.403. The van der Waals surface area contributed by atoms with Gasteiger partial charge in [-0.15, -0.1) is 0 Å². The van der Waals surface area contributed by atoms with E-state index in [1.54, 1.807) is 0 Å². The van der Waals surface area contributed by atoms with Gasteiger partial charge in [-0.1, -0.05) is 6.92 Å². The van der Waals surface area contributed by atoms with Gasteiger partial charge in [0.15, 0.2) is 0 Å². The van der Waals surface area contributed by atoms with E-state index in [1.807, 2.05) is 6.92 Å². The van der Waals surface area contributed by atoms with E-state index in [2.05, 4.69) is 0 Å².